The van der Waals surface area contributed by atoms with Crippen LogP contribution < -0.4 is 11.1 Å². The lowest BCUT2D eigenvalue weighted by molar-refractivity contribution is -0.120. The molecule has 138 valence electrons. The van der Waals surface area contributed by atoms with E-state index in [1.165, 1.54) is 31.0 Å². The molecule has 0 spiro atoms. The van der Waals surface area contributed by atoms with E-state index in [1.54, 1.807) is 0 Å². The fourth-order valence-corrected chi connectivity index (χ4v) is 4.17. The van der Waals surface area contributed by atoms with Gasteiger partial charge in [-0.2, -0.15) is 0 Å². The van der Waals surface area contributed by atoms with Gasteiger partial charge in [-0.15, -0.1) is 10.2 Å². The molecular weight excluding hydrogens is 338 g/mol. The lowest BCUT2D eigenvalue weighted by Crippen LogP contribution is -2.41. The van der Waals surface area contributed by atoms with Crippen molar-refractivity contribution in [3.05, 3.63) is 5.82 Å². The van der Waals surface area contributed by atoms with E-state index in [-0.39, 0.29) is 24.3 Å². The number of carbonyl (C=O) groups excluding carboxylic acids is 2. The number of amides is 2. The van der Waals surface area contributed by atoms with Gasteiger partial charge in [-0.3, -0.25) is 9.59 Å². The third kappa shape index (κ3) is 4.96. The van der Waals surface area contributed by atoms with Gasteiger partial charge in [-0.25, -0.2) is 0 Å². The molecule has 3 rings (SSSR count). The highest BCUT2D eigenvalue weighted by Crippen LogP contribution is 2.40. The number of thioether (sulfide) groups is 1. The molecule has 0 bridgehead atoms. The Hall–Kier alpha value is -1.57. The van der Waals surface area contributed by atoms with Crippen molar-refractivity contribution in [1.29, 1.82) is 0 Å². The summed E-state index contributed by atoms with van der Waals surface area (Å²) in [6, 6.07) is 0.289. The van der Waals surface area contributed by atoms with Gasteiger partial charge < -0.3 is 15.6 Å². The Morgan fingerprint density at radius 3 is 2.68 bits per heavy atom. The van der Waals surface area contributed by atoms with Crippen molar-refractivity contribution in [1.82, 2.24) is 20.1 Å². The first-order chi connectivity index (χ1) is 12.0. The van der Waals surface area contributed by atoms with Crippen molar-refractivity contribution < 1.29 is 9.59 Å². The van der Waals surface area contributed by atoms with Crippen LogP contribution >= 0.6 is 11.8 Å². The minimum absolute atomic E-state index is 0.0428. The minimum atomic E-state index is -0.338. The predicted octanol–water partition coefficient (Wildman–Crippen LogP) is 1.82. The molecule has 0 aromatic carbocycles. The molecule has 1 heterocycles. The normalized spacial score (nSPS) is 23.4. The molecule has 0 saturated heterocycles. The number of nitrogens with zero attached hydrogens (tertiary/aromatic N) is 3. The van der Waals surface area contributed by atoms with Gasteiger partial charge in [0.1, 0.15) is 5.82 Å². The molecule has 1 aromatic heterocycles. The van der Waals surface area contributed by atoms with E-state index in [1.807, 2.05) is 4.57 Å². The predicted molar refractivity (Wildman–Crippen MR) is 96.1 cm³/mol. The molecule has 2 fully saturated rings. The number of aromatic nitrogens is 3. The Morgan fingerprint density at radius 2 is 2.00 bits per heavy atom. The summed E-state index contributed by atoms with van der Waals surface area (Å²) >= 11 is 1.39. The number of hydrogen-bond acceptors (Lipinski definition) is 5. The van der Waals surface area contributed by atoms with E-state index >= 15 is 0 Å². The lowest BCUT2D eigenvalue weighted by atomic mass is 9.86. The molecule has 7 nitrogen and oxygen atoms in total. The van der Waals surface area contributed by atoms with Gasteiger partial charge in [0, 0.05) is 24.9 Å². The molecule has 3 N–H and O–H groups in total. The van der Waals surface area contributed by atoms with Crippen LogP contribution in [0.25, 0.3) is 0 Å². The van der Waals surface area contributed by atoms with E-state index in [0.717, 1.165) is 25.1 Å². The number of carbonyl (C=O) groups is 2. The van der Waals surface area contributed by atoms with E-state index in [4.69, 9.17) is 5.73 Å². The number of hydrogen-bond donors (Lipinski definition) is 2. The summed E-state index contributed by atoms with van der Waals surface area (Å²) in [6.45, 7) is 2.69. The zero-order chi connectivity index (χ0) is 17.8. The van der Waals surface area contributed by atoms with E-state index < -0.39 is 0 Å². The van der Waals surface area contributed by atoms with Crippen LogP contribution in [0.3, 0.4) is 0 Å². The Balaban J connectivity index is 1.56. The van der Waals surface area contributed by atoms with Crippen molar-refractivity contribution in [3.63, 3.8) is 0 Å². The fraction of sp³-hybridized carbons (Fsp3) is 0.765. The number of nitrogens with two attached hydrogens (primary N) is 1. The largest absolute Gasteiger partial charge is 0.370 e. The fourth-order valence-electron chi connectivity index (χ4n) is 3.39. The van der Waals surface area contributed by atoms with Gasteiger partial charge >= 0.3 is 0 Å². The second-order valence-corrected chi connectivity index (χ2v) is 8.15. The summed E-state index contributed by atoms with van der Waals surface area (Å²) in [5.74, 6) is 1.93. The molecule has 0 aliphatic heterocycles. The molecule has 2 atom stereocenters. The highest BCUT2D eigenvalue weighted by Gasteiger charge is 2.30. The maximum absolute atomic E-state index is 12.3. The van der Waals surface area contributed by atoms with Gasteiger partial charge in [-0.1, -0.05) is 31.5 Å². The Labute approximate surface area is 152 Å². The second-order valence-electron chi connectivity index (χ2n) is 7.21. The van der Waals surface area contributed by atoms with Gasteiger partial charge in [0.15, 0.2) is 5.16 Å². The SMILES string of the molecule is C[C@H]1CCCC[C@@H]1NC(=O)CSc1nnc(C2CC2)n1CCC(N)=O. The average Bonchev–Trinajstić information content (AvgIpc) is 3.34. The first-order valence-electron chi connectivity index (χ1n) is 9.18. The smallest absolute Gasteiger partial charge is 0.230 e. The summed E-state index contributed by atoms with van der Waals surface area (Å²) in [5, 5.41) is 12.4. The Kier molecular flexibility index (Phi) is 5.98. The zero-order valence-corrected chi connectivity index (χ0v) is 15.6. The highest BCUT2D eigenvalue weighted by molar-refractivity contribution is 7.99. The van der Waals surface area contributed by atoms with Gasteiger partial charge in [-0.05, 0) is 31.6 Å². The zero-order valence-electron chi connectivity index (χ0n) is 14.7. The molecule has 0 radical (unpaired) electrons. The van der Waals surface area contributed by atoms with E-state index in [9.17, 15) is 9.59 Å². The van der Waals surface area contributed by atoms with Crippen LogP contribution in [0, 0.1) is 5.92 Å². The standard InChI is InChI=1S/C17H27N5O2S/c1-11-4-2-3-5-13(11)19-15(24)10-25-17-21-20-16(12-6-7-12)22(17)9-8-14(18)23/h11-13H,2-10H2,1H3,(H2,18,23)(H,19,24)/t11-,13-/m0/s1. The summed E-state index contributed by atoms with van der Waals surface area (Å²) < 4.78 is 1.96. The quantitative estimate of drug-likeness (QED) is 0.684. The van der Waals surface area contributed by atoms with Crippen LogP contribution in [-0.2, 0) is 16.1 Å². The molecule has 2 saturated carbocycles. The maximum Gasteiger partial charge on any atom is 0.230 e. The van der Waals surface area contributed by atoms with Gasteiger partial charge in [0.25, 0.3) is 0 Å². The van der Waals surface area contributed by atoms with Crippen LogP contribution in [0.4, 0.5) is 0 Å². The Morgan fingerprint density at radius 1 is 1.24 bits per heavy atom. The number of primary amides is 1. The summed E-state index contributed by atoms with van der Waals surface area (Å²) in [5.41, 5.74) is 5.28. The molecule has 2 amide bonds. The molecule has 8 heteroatoms. The third-order valence-corrected chi connectivity index (χ3v) is 6.03. The van der Waals surface area contributed by atoms with Crippen molar-refractivity contribution >= 4 is 23.6 Å². The second kappa shape index (κ2) is 8.21. The van der Waals surface area contributed by atoms with Crippen molar-refractivity contribution in [2.45, 2.75) is 75.5 Å². The van der Waals surface area contributed by atoms with Gasteiger partial charge in [0.2, 0.25) is 11.8 Å². The van der Waals surface area contributed by atoms with Crippen LogP contribution in [0.2, 0.25) is 0 Å². The van der Waals surface area contributed by atoms with Gasteiger partial charge in [0.05, 0.1) is 5.75 Å². The lowest BCUT2D eigenvalue weighted by Gasteiger charge is -2.29. The first kappa shape index (κ1) is 18.2. The van der Waals surface area contributed by atoms with Crippen LogP contribution in [0.15, 0.2) is 5.16 Å². The average molecular weight is 366 g/mol. The summed E-state index contributed by atoms with van der Waals surface area (Å²) in [6.07, 6.45) is 7.18. The summed E-state index contributed by atoms with van der Waals surface area (Å²) in [4.78, 5) is 23.4. The van der Waals surface area contributed by atoms with Crippen molar-refractivity contribution in [3.8, 4) is 0 Å². The van der Waals surface area contributed by atoms with Crippen LogP contribution in [0.1, 0.15) is 63.6 Å². The van der Waals surface area contributed by atoms with E-state index in [0.29, 0.717) is 29.3 Å². The number of rotatable bonds is 8. The number of nitrogens with one attached hydrogen (secondary N) is 1. The molecular formula is C17H27N5O2S. The monoisotopic (exact) mass is 365 g/mol. The van der Waals surface area contributed by atoms with Crippen molar-refractivity contribution in [2.75, 3.05) is 5.75 Å². The molecule has 1 aromatic rings. The van der Waals surface area contributed by atoms with E-state index in [2.05, 4.69) is 22.4 Å². The topological polar surface area (TPSA) is 103 Å². The minimum Gasteiger partial charge on any atom is -0.370 e. The Bertz CT molecular complexity index is 629. The third-order valence-electron chi connectivity index (χ3n) is 5.06. The first-order valence-corrected chi connectivity index (χ1v) is 10.2. The molecule has 25 heavy (non-hydrogen) atoms. The van der Waals surface area contributed by atoms with Crippen LogP contribution in [-0.4, -0.2) is 38.4 Å². The molecule has 0 unspecified atom stereocenters. The van der Waals surface area contributed by atoms with Crippen molar-refractivity contribution in [2.24, 2.45) is 11.7 Å². The van der Waals surface area contributed by atoms with Crippen LogP contribution in [0.5, 0.6) is 0 Å². The highest BCUT2D eigenvalue weighted by atomic mass is 32.2. The molecule has 2 aliphatic carbocycles. The summed E-state index contributed by atoms with van der Waals surface area (Å²) in [7, 11) is 0. The maximum atomic E-state index is 12.3. The molecule has 2 aliphatic rings.